The summed E-state index contributed by atoms with van der Waals surface area (Å²) in [6, 6.07) is 0. The van der Waals surface area contributed by atoms with Crippen LogP contribution in [0.2, 0.25) is 0 Å². The Balaban J connectivity index is 4.23. The van der Waals surface area contributed by atoms with Gasteiger partial charge in [-0.3, -0.25) is 0 Å². The molecule has 0 aromatic rings. The summed E-state index contributed by atoms with van der Waals surface area (Å²) in [5, 5.41) is 17.9. The lowest BCUT2D eigenvalue weighted by Gasteiger charge is -2.21. The molecule has 0 radical (unpaired) electrons. The zero-order valence-corrected chi connectivity index (χ0v) is 8.46. The van der Waals surface area contributed by atoms with Gasteiger partial charge in [-0.25, -0.2) is 0 Å². The molecule has 0 spiro atoms. The molecule has 0 aliphatic rings. The average molecular weight is 172 g/mol. The highest BCUT2D eigenvalue weighted by Gasteiger charge is 2.16. The quantitative estimate of drug-likeness (QED) is 0.632. The first-order chi connectivity index (χ1) is 5.33. The number of aliphatic hydroxyl groups is 2. The van der Waals surface area contributed by atoms with Crippen LogP contribution >= 0.6 is 0 Å². The summed E-state index contributed by atoms with van der Waals surface area (Å²) in [5.74, 6) is 0. The van der Waals surface area contributed by atoms with E-state index in [1.54, 1.807) is 0 Å². The molecule has 0 amide bonds. The summed E-state index contributed by atoms with van der Waals surface area (Å²) in [7, 11) is 0. The third kappa shape index (κ3) is 4.52. The highest BCUT2D eigenvalue weighted by atomic mass is 16.3. The van der Waals surface area contributed by atoms with Crippen LogP contribution in [-0.2, 0) is 0 Å². The lowest BCUT2D eigenvalue weighted by molar-refractivity contribution is 0.187. The normalized spacial score (nSPS) is 14.2. The minimum Gasteiger partial charge on any atom is -0.395 e. The standard InChI is InChI=1S/C10H20O2/c1-9(2,7-11)5-6-10(3,4)8-12/h5-6,11-12H,7-8H2,1-4H3/b6-5+. The van der Waals surface area contributed by atoms with Crippen molar-refractivity contribution in [2.24, 2.45) is 10.8 Å². The van der Waals surface area contributed by atoms with Gasteiger partial charge in [0.05, 0.1) is 13.2 Å². The van der Waals surface area contributed by atoms with Crippen molar-refractivity contribution in [3.8, 4) is 0 Å². The van der Waals surface area contributed by atoms with Crippen LogP contribution in [0.1, 0.15) is 27.7 Å². The second-order valence-electron chi connectivity index (χ2n) is 4.63. The molecule has 0 unspecified atom stereocenters. The third-order valence-corrected chi connectivity index (χ3v) is 1.80. The average Bonchev–Trinajstić information content (AvgIpc) is 2.02. The molecule has 2 nitrogen and oxygen atoms in total. The van der Waals surface area contributed by atoms with E-state index in [1.807, 2.05) is 39.8 Å². The van der Waals surface area contributed by atoms with Crippen molar-refractivity contribution in [2.45, 2.75) is 27.7 Å². The SMILES string of the molecule is CC(C)(/C=C/C(C)(C)CO)CO. The summed E-state index contributed by atoms with van der Waals surface area (Å²) < 4.78 is 0. The van der Waals surface area contributed by atoms with Crippen LogP contribution in [0.3, 0.4) is 0 Å². The Labute approximate surface area is 74.9 Å². The zero-order chi connectivity index (χ0) is 9.83. The molecule has 0 fully saturated rings. The summed E-state index contributed by atoms with van der Waals surface area (Å²) in [4.78, 5) is 0. The van der Waals surface area contributed by atoms with Crippen molar-refractivity contribution in [2.75, 3.05) is 13.2 Å². The topological polar surface area (TPSA) is 40.5 Å². The van der Waals surface area contributed by atoms with E-state index in [-0.39, 0.29) is 24.0 Å². The molecule has 0 aliphatic heterocycles. The Hall–Kier alpha value is -0.340. The molecular weight excluding hydrogens is 152 g/mol. The van der Waals surface area contributed by atoms with Crippen molar-refractivity contribution < 1.29 is 10.2 Å². The van der Waals surface area contributed by atoms with Gasteiger partial charge < -0.3 is 10.2 Å². The molecule has 12 heavy (non-hydrogen) atoms. The van der Waals surface area contributed by atoms with Gasteiger partial charge in [0.25, 0.3) is 0 Å². The molecule has 0 atom stereocenters. The van der Waals surface area contributed by atoms with Gasteiger partial charge in [-0.2, -0.15) is 0 Å². The fourth-order valence-corrected chi connectivity index (χ4v) is 0.557. The second-order valence-corrected chi connectivity index (χ2v) is 4.63. The van der Waals surface area contributed by atoms with Crippen molar-refractivity contribution in [3.05, 3.63) is 12.2 Å². The molecule has 0 saturated carbocycles. The maximum Gasteiger partial charge on any atom is 0.0516 e. The Bertz CT molecular complexity index is 139. The van der Waals surface area contributed by atoms with Gasteiger partial charge in [0, 0.05) is 10.8 Å². The molecule has 2 N–H and O–H groups in total. The molecule has 0 saturated heterocycles. The summed E-state index contributed by atoms with van der Waals surface area (Å²) >= 11 is 0. The molecule has 0 rings (SSSR count). The van der Waals surface area contributed by atoms with Gasteiger partial charge in [0.1, 0.15) is 0 Å². The van der Waals surface area contributed by atoms with E-state index in [2.05, 4.69) is 0 Å². The molecule has 0 aromatic heterocycles. The van der Waals surface area contributed by atoms with Crippen molar-refractivity contribution in [3.63, 3.8) is 0 Å². The lowest BCUT2D eigenvalue weighted by atomic mass is 9.87. The molecule has 2 heteroatoms. The smallest absolute Gasteiger partial charge is 0.0516 e. The predicted molar refractivity (Wildman–Crippen MR) is 50.9 cm³/mol. The van der Waals surface area contributed by atoms with Crippen LogP contribution in [0.25, 0.3) is 0 Å². The monoisotopic (exact) mass is 172 g/mol. The number of aliphatic hydroxyl groups excluding tert-OH is 2. The van der Waals surface area contributed by atoms with E-state index in [1.165, 1.54) is 0 Å². The number of rotatable bonds is 4. The van der Waals surface area contributed by atoms with Crippen molar-refractivity contribution >= 4 is 0 Å². The second kappa shape index (κ2) is 4.06. The summed E-state index contributed by atoms with van der Waals surface area (Å²) in [6.45, 7) is 8.08. The first kappa shape index (κ1) is 11.7. The molecule has 0 heterocycles. The molecule has 72 valence electrons. The highest BCUT2D eigenvalue weighted by Crippen LogP contribution is 2.22. The molecule has 0 aliphatic carbocycles. The number of hydrogen-bond donors (Lipinski definition) is 2. The van der Waals surface area contributed by atoms with E-state index in [0.717, 1.165) is 0 Å². The van der Waals surface area contributed by atoms with E-state index in [0.29, 0.717) is 0 Å². The van der Waals surface area contributed by atoms with Crippen molar-refractivity contribution in [1.82, 2.24) is 0 Å². The van der Waals surface area contributed by atoms with Gasteiger partial charge in [-0.1, -0.05) is 39.8 Å². The van der Waals surface area contributed by atoms with Crippen LogP contribution in [0, 0.1) is 10.8 Å². The van der Waals surface area contributed by atoms with Crippen LogP contribution in [0.4, 0.5) is 0 Å². The molecular formula is C10H20O2. The Kier molecular flexibility index (Phi) is 3.94. The summed E-state index contributed by atoms with van der Waals surface area (Å²) in [6.07, 6.45) is 3.90. The summed E-state index contributed by atoms with van der Waals surface area (Å²) in [5.41, 5.74) is -0.376. The van der Waals surface area contributed by atoms with Crippen molar-refractivity contribution in [1.29, 1.82) is 0 Å². The fraction of sp³-hybridized carbons (Fsp3) is 0.800. The van der Waals surface area contributed by atoms with Gasteiger partial charge in [0.2, 0.25) is 0 Å². The van der Waals surface area contributed by atoms with Gasteiger partial charge in [-0.15, -0.1) is 0 Å². The van der Waals surface area contributed by atoms with Crippen LogP contribution < -0.4 is 0 Å². The minimum absolute atomic E-state index is 0.130. The lowest BCUT2D eigenvalue weighted by Crippen LogP contribution is -2.17. The van der Waals surface area contributed by atoms with E-state index < -0.39 is 0 Å². The predicted octanol–water partition coefficient (Wildman–Crippen LogP) is 1.58. The molecule has 0 bridgehead atoms. The first-order valence-electron chi connectivity index (χ1n) is 4.25. The van der Waals surface area contributed by atoms with Crippen LogP contribution in [0.5, 0.6) is 0 Å². The maximum absolute atomic E-state index is 8.95. The van der Waals surface area contributed by atoms with E-state index in [4.69, 9.17) is 10.2 Å². The van der Waals surface area contributed by atoms with Gasteiger partial charge in [0.15, 0.2) is 0 Å². The van der Waals surface area contributed by atoms with Crippen LogP contribution in [0.15, 0.2) is 12.2 Å². The Morgan fingerprint density at radius 3 is 1.25 bits per heavy atom. The van der Waals surface area contributed by atoms with E-state index >= 15 is 0 Å². The Morgan fingerprint density at radius 1 is 0.833 bits per heavy atom. The van der Waals surface area contributed by atoms with Gasteiger partial charge in [-0.05, 0) is 0 Å². The van der Waals surface area contributed by atoms with Gasteiger partial charge >= 0.3 is 0 Å². The van der Waals surface area contributed by atoms with Crippen LogP contribution in [-0.4, -0.2) is 23.4 Å². The number of hydrogen-bond acceptors (Lipinski definition) is 2. The van der Waals surface area contributed by atoms with E-state index in [9.17, 15) is 0 Å². The maximum atomic E-state index is 8.95. The fourth-order valence-electron chi connectivity index (χ4n) is 0.557. The third-order valence-electron chi connectivity index (χ3n) is 1.80. The first-order valence-corrected chi connectivity index (χ1v) is 4.25. The molecule has 0 aromatic carbocycles. The zero-order valence-electron chi connectivity index (χ0n) is 8.46. The minimum atomic E-state index is -0.188. The largest absolute Gasteiger partial charge is 0.395 e. The highest BCUT2D eigenvalue weighted by molar-refractivity contribution is 5.01. The Morgan fingerprint density at radius 2 is 1.08 bits per heavy atom.